The van der Waals surface area contributed by atoms with Crippen molar-refractivity contribution in [1.29, 1.82) is 0 Å². The van der Waals surface area contributed by atoms with Crippen LogP contribution in [-0.4, -0.2) is 47.2 Å². The van der Waals surface area contributed by atoms with Crippen LogP contribution in [-0.2, 0) is 17.9 Å². The van der Waals surface area contributed by atoms with Gasteiger partial charge < -0.3 is 19.7 Å². The van der Waals surface area contributed by atoms with Crippen LogP contribution in [0.25, 0.3) is 22.4 Å². The Balaban J connectivity index is 1.39. The molecule has 10 heteroatoms. The van der Waals surface area contributed by atoms with Crippen LogP contribution in [0.5, 0.6) is 11.5 Å². The number of aromatic nitrogens is 3. The van der Waals surface area contributed by atoms with Gasteiger partial charge in [-0.1, -0.05) is 42.5 Å². The van der Waals surface area contributed by atoms with E-state index in [4.69, 9.17) is 19.4 Å². The minimum absolute atomic E-state index is 0.0543. The summed E-state index contributed by atoms with van der Waals surface area (Å²) in [5.74, 6) is 1.21. The maximum atomic E-state index is 15.1. The number of ether oxygens (including phenoxy) is 2. The Hall–Kier alpha value is -5.25. The van der Waals surface area contributed by atoms with Crippen LogP contribution in [0.1, 0.15) is 24.0 Å². The molecule has 1 N–H and O–H groups in total. The topological polar surface area (TPSA) is 98.6 Å². The molecule has 1 aliphatic rings. The van der Waals surface area contributed by atoms with Crippen LogP contribution >= 0.6 is 0 Å². The number of pyridine rings is 1. The van der Waals surface area contributed by atoms with Gasteiger partial charge in [-0.05, 0) is 54.8 Å². The molecule has 1 unspecified atom stereocenters. The first kappa shape index (κ1) is 28.9. The fourth-order valence-electron chi connectivity index (χ4n) is 5.61. The largest absolute Gasteiger partial charge is 0.497 e. The molecule has 9 nitrogen and oxygen atoms in total. The zero-order valence-electron chi connectivity index (χ0n) is 24.5. The molecule has 1 fully saturated rings. The van der Waals surface area contributed by atoms with E-state index in [2.05, 4.69) is 5.32 Å². The lowest BCUT2D eigenvalue weighted by Gasteiger charge is -2.25. The summed E-state index contributed by atoms with van der Waals surface area (Å²) in [6, 6.07) is 24.3. The van der Waals surface area contributed by atoms with E-state index < -0.39 is 17.4 Å². The standard InChI is InChI=1S/C34H32FN5O4/c1-43-24-15-14-23(29(19-24)44-2)21-40-32(25-11-6-7-12-26(25)35)37-27-16-17-30(38-31(27)34(40)42)39-18-8-13-28(39)33(41)36-20-22-9-4-3-5-10-22/h3-7,9-12,14-17,19,28H,8,13,18,20-21H2,1-2H3,(H,36,41). The van der Waals surface area contributed by atoms with E-state index in [9.17, 15) is 9.59 Å². The van der Waals surface area contributed by atoms with Crippen molar-refractivity contribution in [2.45, 2.75) is 32.0 Å². The average Bonchev–Trinajstić information content (AvgIpc) is 3.56. The smallest absolute Gasteiger partial charge is 0.280 e. The summed E-state index contributed by atoms with van der Waals surface area (Å²) in [7, 11) is 3.09. The normalized spacial score (nSPS) is 14.5. The summed E-state index contributed by atoms with van der Waals surface area (Å²) in [6.07, 6.45) is 1.49. The van der Waals surface area contributed by atoms with Gasteiger partial charge in [0.05, 0.1) is 31.8 Å². The Morgan fingerprint density at radius 3 is 2.55 bits per heavy atom. The Morgan fingerprint density at radius 1 is 0.977 bits per heavy atom. The van der Waals surface area contributed by atoms with Crippen LogP contribution in [0.3, 0.4) is 0 Å². The predicted molar refractivity (Wildman–Crippen MR) is 166 cm³/mol. The third-order valence-corrected chi connectivity index (χ3v) is 7.89. The molecule has 3 heterocycles. The van der Waals surface area contributed by atoms with Gasteiger partial charge in [0.25, 0.3) is 5.56 Å². The number of carbonyl (C=O) groups excluding carboxylic acids is 1. The second kappa shape index (κ2) is 12.5. The molecule has 0 saturated carbocycles. The quantitative estimate of drug-likeness (QED) is 0.258. The number of carbonyl (C=O) groups is 1. The van der Waals surface area contributed by atoms with E-state index in [1.807, 2.05) is 35.2 Å². The fourth-order valence-corrected chi connectivity index (χ4v) is 5.61. The van der Waals surface area contributed by atoms with Crippen LogP contribution < -0.4 is 25.2 Å². The van der Waals surface area contributed by atoms with E-state index >= 15 is 4.39 Å². The highest BCUT2D eigenvalue weighted by molar-refractivity contribution is 5.86. The molecule has 1 saturated heterocycles. The van der Waals surface area contributed by atoms with Gasteiger partial charge in [0, 0.05) is 24.7 Å². The molecule has 1 atom stereocenters. The molecule has 6 rings (SSSR count). The lowest BCUT2D eigenvalue weighted by molar-refractivity contribution is -0.122. The number of amides is 1. The number of fused-ring (bicyclic) bond motifs is 1. The molecule has 0 aliphatic carbocycles. The first-order chi connectivity index (χ1) is 21.5. The van der Waals surface area contributed by atoms with Gasteiger partial charge in [-0.3, -0.25) is 14.2 Å². The van der Waals surface area contributed by atoms with Crippen molar-refractivity contribution in [2.24, 2.45) is 0 Å². The number of nitrogens with one attached hydrogen (secondary N) is 1. The van der Waals surface area contributed by atoms with Crippen molar-refractivity contribution >= 4 is 22.8 Å². The predicted octanol–water partition coefficient (Wildman–Crippen LogP) is 4.95. The number of halogens is 1. The molecule has 0 bridgehead atoms. The zero-order valence-corrected chi connectivity index (χ0v) is 24.5. The first-order valence-electron chi connectivity index (χ1n) is 14.4. The van der Waals surface area contributed by atoms with Crippen LogP contribution in [0.4, 0.5) is 10.2 Å². The molecule has 1 amide bonds. The minimum Gasteiger partial charge on any atom is -0.497 e. The third kappa shape index (κ3) is 5.70. The number of hydrogen-bond acceptors (Lipinski definition) is 7. The molecule has 2 aromatic heterocycles. The van der Waals surface area contributed by atoms with Gasteiger partial charge in [-0.2, -0.15) is 0 Å². The van der Waals surface area contributed by atoms with Crippen molar-refractivity contribution in [3.63, 3.8) is 0 Å². The molecular weight excluding hydrogens is 561 g/mol. The number of methoxy groups -OCH3 is 2. The summed E-state index contributed by atoms with van der Waals surface area (Å²) < 4.78 is 27.4. The highest BCUT2D eigenvalue weighted by Crippen LogP contribution is 2.29. The summed E-state index contributed by atoms with van der Waals surface area (Å²) in [4.78, 5) is 38.8. The van der Waals surface area contributed by atoms with Gasteiger partial charge in [0.2, 0.25) is 5.91 Å². The zero-order chi connectivity index (χ0) is 30.6. The summed E-state index contributed by atoms with van der Waals surface area (Å²) >= 11 is 0. The van der Waals surface area contributed by atoms with Gasteiger partial charge in [0.15, 0.2) is 5.52 Å². The van der Waals surface area contributed by atoms with E-state index in [-0.39, 0.29) is 29.4 Å². The molecule has 44 heavy (non-hydrogen) atoms. The van der Waals surface area contributed by atoms with Gasteiger partial charge >= 0.3 is 0 Å². The number of rotatable bonds is 9. The molecule has 5 aromatic rings. The second-order valence-electron chi connectivity index (χ2n) is 10.6. The first-order valence-corrected chi connectivity index (χ1v) is 14.4. The highest BCUT2D eigenvalue weighted by Gasteiger charge is 2.32. The number of nitrogens with zero attached hydrogens (tertiary/aromatic N) is 4. The van der Waals surface area contributed by atoms with Crippen molar-refractivity contribution < 1.29 is 18.7 Å². The van der Waals surface area contributed by atoms with E-state index in [1.165, 1.54) is 17.7 Å². The third-order valence-electron chi connectivity index (χ3n) is 7.89. The van der Waals surface area contributed by atoms with Crippen LogP contribution in [0.2, 0.25) is 0 Å². The average molecular weight is 594 g/mol. The molecule has 224 valence electrons. The summed E-state index contributed by atoms with van der Waals surface area (Å²) in [5, 5.41) is 3.03. The van der Waals surface area contributed by atoms with Crippen molar-refractivity contribution in [3.8, 4) is 22.9 Å². The lowest BCUT2D eigenvalue weighted by Crippen LogP contribution is -2.43. The number of benzene rings is 3. The Labute approximate surface area is 253 Å². The fraction of sp³-hybridized carbons (Fsp3) is 0.235. The van der Waals surface area contributed by atoms with E-state index in [1.54, 1.807) is 55.6 Å². The van der Waals surface area contributed by atoms with Crippen molar-refractivity contribution in [3.05, 3.63) is 112 Å². The van der Waals surface area contributed by atoms with Crippen LogP contribution in [0, 0.1) is 5.82 Å². The van der Waals surface area contributed by atoms with Gasteiger partial charge in [0.1, 0.15) is 35.0 Å². The molecule has 1 aliphatic heterocycles. The maximum absolute atomic E-state index is 15.1. The highest BCUT2D eigenvalue weighted by atomic mass is 19.1. The van der Waals surface area contributed by atoms with Gasteiger partial charge in [-0.15, -0.1) is 0 Å². The number of anilines is 1. The van der Waals surface area contributed by atoms with E-state index in [0.29, 0.717) is 47.9 Å². The Bertz CT molecular complexity index is 1880. The number of hydrogen-bond donors (Lipinski definition) is 1. The Morgan fingerprint density at radius 2 is 1.77 bits per heavy atom. The van der Waals surface area contributed by atoms with Crippen molar-refractivity contribution in [1.82, 2.24) is 19.9 Å². The second-order valence-corrected chi connectivity index (χ2v) is 10.6. The Kier molecular flexibility index (Phi) is 8.23. The van der Waals surface area contributed by atoms with Crippen LogP contribution in [0.15, 0.2) is 89.7 Å². The molecule has 0 radical (unpaired) electrons. The monoisotopic (exact) mass is 593 g/mol. The van der Waals surface area contributed by atoms with E-state index in [0.717, 1.165) is 12.0 Å². The lowest BCUT2D eigenvalue weighted by atomic mass is 10.1. The van der Waals surface area contributed by atoms with Crippen molar-refractivity contribution in [2.75, 3.05) is 25.7 Å². The van der Waals surface area contributed by atoms with Gasteiger partial charge in [-0.25, -0.2) is 14.4 Å². The maximum Gasteiger partial charge on any atom is 0.280 e. The molecule has 3 aromatic carbocycles. The molecule has 0 spiro atoms. The summed E-state index contributed by atoms with van der Waals surface area (Å²) in [5.41, 5.74) is 1.92. The molecular formula is C34H32FN5O4. The SMILES string of the molecule is COc1ccc(Cn2c(-c3ccccc3F)nc3ccc(N4CCCC4C(=O)NCc4ccccc4)nc3c2=O)c(OC)c1. The minimum atomic E-state index is -0.500. The summed E-state index contributed by atoms with van der Waals surface area (Å²) in [6.45, 7) is 1.11.